The molecule has 7 heteroatoms. The number of nitrogens with one attached hydrogen (secondary N) is 2. The van der Waals surface area contributed by atoms with Gasteiger partial charge in [0.05, 0.1) is 30.2 Å². The Bertz CT molecular complexity index is 3960. The number of aliphatic hydroxyl groups excluding tert-OH is 3. The molecule has 92 heavy (non-hydrogen) atoms. The van der Waals surface area contributed by atoms with Crippen LogP contribution < -0.4 is 21.1 Å². The zero-order valence-electron chi connectivity index (χ0n) is 54.3. The van der Waals surface area contributed by atoms with Crippen LogP contribution in [0.3, 0.4) is 0 Å². The fourth-order valence-electron chi connectivity index (χ4n) is 27.2. The molecule has 6 saturated carbocycles. The van der Waals surface area contributed by atoms with E-state index in [4.69, 9.17) is 0 Å². The Morgan fingerprint density at radius 2 is 1.64 bits per heavy atom. The minimum atomic E-state index is -1.01. The number of benzene rings is 3. The number of rotatable bonds is 5. The molecule has 4 heterocycles. The third-order valence-electron chi connectivity index (χ3n) is 30.1. The Balaban J connectivity index is 0.880. The molecule has 7 nitrogen and oxygen atoms in total. The van der Waals surface area contributed by atoms with Gasteiger partial charge in [-0.1, -0.05) is 158 Å². The van der Waals surface area contributed by atoms with Crippen LogP contribution in [0, 0.1) is 103 Å². The number of fused-ring (bicyclic) bond motifs is 7. The number of allylic oxidation sites excluding steroid dienone is 10. The molecule has 0 radical (unpaired) electrons. The van der Waals surface area contributed by atoms with Crippen LogP contribution in [0.1, 0.15) is 190 Å². The molecular weight excluding hydrogens is 1130 g/mol. The minimum Gasteiger partial charge on any atom is -0.516 e. The van der Waals surface area contributed by atoms with Crippen molar-refractivity contribution in [1.82, 2.24) is 10.6 Å². The van der Waals surface area contributed by atoms with E-state index in [-0.39, 0.29) is 52.3 Å². The number of carbonyl (C=O) groups is 1. The summed E-state index contributed by atoms with van der Waals surface area (Å²) in [6.45, 7) is 1.52. The Hall–Kier alpha value is -6.07. The van der Waals surface area contributed by atoms with Crippen molar-refractivity contribution in [3.8, 4) is 11.8 Å². The molecule has 0 aromatic heterocycles. The topological polar surface area (TPSA) is 122 Å². The van der Waals surface area contributed by atoms with Crippen LogP contribution in [0.25, 0.3) is 17.2 Å². The van der Waals surface area contributed by atoms with Crippen LogP contribution >= 0.6 is 0 Å². The van der Waals surface area contributed by atoms with Gasteiger partial charge in [0.25, 0.3) is 0 Å². The van der Waals surface area contributed by atoms with Gasteiger partial charge in [0.15, 0.2) is 0 Å². The molecule has 478 valence electrons. The van der Waals surface area contributed by atoms with Gasteiger partial charge in [-0.15, -0.1) is 11.8 Å². The summed E-state index contributed by atoms with van der Waals surface area (Å²) in [5.41, 5.74) is 9.46. The largest absolute Gasteiger partial charge is 0.516 e. The molecule has 21 rings (SSSR count). The number of hydrogen-bond acceptors (Lipinski definition) is 6. The van der Waals surface area contributed by atoms with E-state index in [0.717, 1.165) is 114 Å². The predicted octanol–water partition coefficient (Wildman–Crippen LogP) is 15.4. The molecule has 6 N–H and O–H groups in total. The van der Waals surface area contributed by atoms with Gasteiger partial charge in [0, 0.05) is 64.8 Å². The number of hydrogen-bond donors (Lipinski definition) is 6. The van der Waals surface area contributed by atoms with E-state index in [2.05, 4.69) is 150 Å². The normalized spacial score (nSPS) is 43.1. The van der Waals surface area contributed by atoms with Crippen molar-refractivity contribution in [2.24, 2.45) is 91.2 Å². The number of aliphatic carboxylic acids is 1. The van der Waals surface area contributed by atoms with E-state index < -0.39 is 51.2 Å². The molecule has 6 fully saturated rings. The Labute approximate surface area is 546 Å². The lowest BCUT2D eigenvalue weighted by Gasteiger charge is -2.74. The van der Waals surface area contributed by atoms with E-state index in [0.29, 0.717) is 44.1 Å². The number of aryl methyl sites for hydroxylation is 1. The van der Waals surface area contributed by atoms with Gasteiger partial charge in [-0.25, -0.2) is 0 Å². The monoisotopic (exact) mass is 1230 g/mol. The van der Waals surface area contributed by atoms with E-state index in [1.165, 1.54) is 101 Å². The summed E-state index contributed by atoms with van der Waals surface area (Å²) in [6.07, 6.45) is 46.9. The molecule has 0 saturated heterocycles. The molecule has 14 aliphatic carbocycles. The van der Waals surface area contributed by atoms with Crippen molar-refractivity contribution >= 4 is 23.2 Å². The van der Waals surface area contributed by atoms with Crippen molar-refractivity contribution < 1.29 is 25.2 Å². The highest BCUT2D eigenvalue weighted by atomic mass is 16.4. The lowest BCUT2D eigenvalue weighted by Crippen LogP contribution is -2.69. The first-order valence-corrected chi connectivity index (χ1v) is 37.1. The van der Waals surface area contributed by atoms with Crippen LogP contribution in [0.15, 0.2) is 156 Å². The fraction of sp³-hybridized carbons (Fsp3) is 0.565. The first kappa shape index (κ1) is 58.5. The highest BCUT2D eigenvalue weighted by molar-refractivity contribution is 5.81. The average Bonchev–Trinajstić information content (AvgIpc) is 1.28. The van der Waals surface area contributed by atoms with Gasteiger partial charge in [-0.3, -0.25) is 4.79 Å². The Kier molecular flexibility index (Phi) is 13.8. The SMILES string of the molecule is O=C(O)C1CCC(=CO)C(C2CCCCC2)CCCNC2=CC=C(CN2)c2cccc(c2)C2CC#CCC34CC=CC56C=C7C2=c2ccccc2=CC7C(CCC3O)(C2=C(C5)C35C7CCC8(CCC(CCc9ccccc9)C8)C7C=CC17C(O)C3CCCC75CC2)C64. The van der Waals surface area contributed by atoms with Crippen LogP contribution in [0.2, 0.25) is 0 Å². The maximum Gasteiger partial charge on any atom is 0.307 e. The Morgan fingerprint density at radius 3 is 2.50 bits per heavy atom. The third kappa shape index (κ3) is 7.92. The van der Waals surface area contributed by atoms with Gasteiger partial charge < -0.3 is 31.1 Å². The van der Waals surface area contributed by atoms with Gasteiger partial charge in [-0.2, -0.15) is 0 Å². The zero-order valence-corrected chi connectivity index (χ0v) is 54.3. The first-order valence-electron chi connectivity index (χ1n) is 37.1. The van der Waals surface area contributed by atoms with Crippen LogP contribution in [-0.4, -0.2) is 51.7 Å². The number of carboxylic acids is 1. The molecule has 18 unspecified atom stereocenters. The average molecular weight is 1230 g/mol. The first-order chi connectivity index (χ1) is 45.0. The molecular formula is C85H98N2O5. The summed E-state index contributed by atoms with van der Waals surface area (Å²) in [5.74, 6) is 9.25. The summed E-state index contributed by atoms with van der Waals surface area (Å²) in [5, 5.41) is 62.4. The summed E-state index contributed by atoms with van der Waals surface area (Å²) in [4.78, 5) is 15.4. The molecule has 4 aliphatic heterocycles. The number of dihydropyridines is 1. The maximum absolute atomic E-state index is 15.4. The molecule has 18 aliphatic rings. The van der Waals surface area contributed by atoms with E-state index in [1.807, 2.05) is 0 Å². The third-order valence-corrected chi connectivity index (χ3v) is 30.1. The number of aliphatic hydroxyl groups is 3. The summed E-state index contributed by atoms with van der Waals surface area (Å²) >= 11 is 0. The van der Waals surface area contributed by atoms with Crippen molar-refractivity contribution in [1.29, 1.82) is 0 Å². The lowest BCUT2D eigenvalue weighted by atomic mass is 9.29. The second-order valence-corrected chi connectivity index (χ2v) is 33.0. The van der Waals surface area contributed by atoms with Crippen LogP contribution in [0.5, 0.6) is 0 Å². The summed E-state index contributed by atoms with van der Waals surface area (Å²) in [6, 6.07) is 29.9. The van der Waals surface area contributed by atoms with Gasteiger partial charge in [-0.05, 0) is 243 Å². The standard InChI is InChI=1S/C85H98N2O5/c88-53-61-28-30-70(77(91)92)84-45-35-66-68(33-42-79(66)41-32-55(49-79)27-26-54-15-3-1-4-16-54)85-69(76(84)90)25-12-40-82(84,85)43-34-67-72(85)51-80-37-14-39-81-38-10-9-23-63(75-64-22-8-7-19-59(64)48-71(65(75)50-80)83(67,78(80)81)44-36-73(81)89)58-21-11-20-57(47-58)60-29-31-74(87-52-60)86-46-13-24-62(61)56-17-5-2-6-18-56/h1,3-4,7-8,11,14-16,19-22,29,31,35,37,45,47-48,50,53,55-56,62-63,66,68-71,73,76,78,86-90H,2,5-6,12-13,17-18,23-28,30,32-34,36,38-44,46,49,51-52H2,(H,91,92). The Morgan fingerprint density at radius 1 is 0.772 bits per heavy atom. The maximum atomic E-state index is 15.4. The van der Waals surface area contributed by atoms with E-state index >= 15 is 4.79 Å². The van der Waals surface area contributed by atoms with E-state index in [9.17, 15) is 20.4 Å². The van der Waals surface area contributed by atoms with Gasteiger partial charge >= 0.3 is 5.97 Å². The molecule has 3 aromatic rings. The lowest BCUT2D eigenvalue weighted by molar-refractivity contribution is -0.179. The van der Waals surface area contributed by atoms with Crippen LogP contribution in [0.4, 0.5) is 0 Å². The molecule has 18 bridgehead atoms. The smallest absolute Gasteiger partial charge is 0.307 e. The predicted molar refractivity (Wildman–Crippen MR) is 365 cm³/mol. The molecule has 4 spiro atoms. The van der Waals surface area contributed by atoms with Crippen molar-refractivity contribution in [3.63, 3.8) is 0 Å². The highest BCUT2D eigenvalue weighted by Crippen LogP contribution is 2.89. The summed E-state index contributed by atoms with van der Waals surface area (Å²) in [7, 11) is 0. The van der Waals surface area contributed by atoms with Crippen LogP contribution in [-0.2, 0) is 11.2 Å². The quantitative estimate of drug-likeness (QED) is 0.0855. The number of carboxylic acid groups (broad SMARTS) is 1. The molecule has 0 amide bonds. The second-order valence-electron chi connectivity index (χ2n) is 33.0. The zero-order chi connectivity index (χ0) is 61.8. The molecule has 18 atom stereocenters. The fourth-order valence-corrected chi connectivity index (χ4v) is 27.2. The minimum absolute atomic E-state index is 0.00770. The molecule has 3 aromatic carbocycles. The summed E-state index contributed by atoms with van der Waals surface area (Å²) < 4.78 is 0. The van der Waals surface area contributed by atoms with Gasteiger partial charge in [0.1, 0.15) is 0 Å². The highest BCUT2D eigenvalue weighted by Gasteiger charge is 2.85. The van der Waals surface area contributed by atoms with Crippen molar-refractivity contribution in [3.05, 3.63) is 183 Å². The van der Waals surface area contributed by atoms with E-state index in [1.54, 1.807) is 11.1 Å². The van der Waals surface area contributed by atoms with Gasteiger partial charge in [0.2, 0.25) is 0 Å². The van der Waals surface area contributed by atoms with Crippen molar-refractivity contribution in [2.75, 3.05) is 13.1 Å². The van der Waals surface area contributed by atoms with Crippen molar-refractivity contribution in [2.45, 2.75) is 191 Å². The second kappa shape index (κ2) is 21.7.